The zero-order valence-corrected chi connectivity index (χ0v) is 27.1. The van der Waals surface area contributed by atoms with Crippen molar-refractivity contribution in [1.29, 1.82) is 0 Å². The monoisotopic (exact) mass is 751 g/mol. The summed E-state index contributed by atoms with van der Waals surface area (Å²) in [6.45, 7) is 0. The van der Waals surface area contributed by atoms with Gasteiger partial charge in [-0.1, -0.05) is 17.7 Å². The molecule has 2 heterocycles. The van der Waals surface area contributed by atoms with Gasteiger partial charge in [0.05, 0.1) is 29.6 Å². The first-order chi connectivity index (χ1) is 24.0. The van der Waals surface area contributed by atoms with Crippen LogP contribution < -0.4 is 14.5 Å². The van der Waals surface area contributed by atoms with Crippen molar-refractivity contribution in [2.45, 2.75) is 28.5 Å². The molecule has 6 atom stereocenters. The smallest absolute Gasteiger partial charge is 0.269 e. The van der Waals surface area contributed by atoms with Crippen LogP contribution in [0, 0.1) is 57.0 Å². The highest BCUT2D eigenvalue weighted by Crippen LogP contribution is 2.66. The maximum absolute atomic E-state index is 15.2. The second-order valence-electron chi connectivity index (χ2n) is 12.4. The van der Waals surface area contributed by atoms with E-state index in [9.17, 15) is 47.6 Å². The molecule has 2 saturated heterocycles. The van der Waals surface area contributed by atoms with Gasteiger partial charge in [0.25, 0.3) is 17.5 Å². The number of carbonyl (C=O) groups excluding carboxylic acids is 4. The Morgan fingerprint density at radius 2 is 1.47 bits per heavy atom. The Morgan fingerprint density at radius 3 is 2.06 bits per heavy atom. The molecule has 4 aliphatic rings. The van der Waals surface area contributed by atoms with Gasteiger partial charge < -0.3 is 9.84 Å². The fourth-order valence-electron chi connectivity index (χ4n) is 7.79. The number of nitro benzene ring substituents is 1. The molecule has 6 unspecified atom stereocenters. The summed E-state index contributed by atoms with van der Waals surface area (Å²) in [5, 5.41) is 21.5. The van der Waals surface area contributed by atoms with Crippen LogP contribution in [0.4, 0.5) is 39.0 Å². The molecule has 3 aromatic rings. The summed E-state index contributed by atoms with van der Waals surface area (Å²) in [5.74, 6) is -22.9. The number of alkyl halides is 2. The van der Waals surface area contributed by atoms with E-state index in [-0.39, 0.29) is 45.3 Å². The summed E-state index contributed by atoms with van der Waals surface area (Å²) in [6, 6.07) is 8.19. The number of methoxy groups -OCH3 is 1. The number of fused-ring (bicyclic) bond motifs is 4. The molecule has 1 saturated carbocycles. The molecule has 3 fully saturated rings. The molecule has 7 rings (SSSR count). The number of nitrogens with zero attached hydrogens (tertiary/aromatic N) is 3. The van der Waals surface area contributed by atoms with Crippen LogP contribution in [0.25, 0.3) is 0 Å². The molecule has 18 heteroatoms. The van der Waals surface area contributed by atoms with E-state index in [1.807, 2.05) is 0 Å². The van der Waals surface area contributed by atoms with Gasteiger partial charge in [0.1, 0.15) is 5.69 Å². The molecule has 2 aliphatic heterocycles. The minimum Gasteiger partial charge on any atom is -0.504 e. The Balaban J connectivity index is 1.42. The molecule has 0 spiro atoms. The molecular weight excluding hydrogens is 732 g/mol. The van der Waals surface area contributed by atoms with Crippen molar-refractivity contribution in [3.8, 4) is 11.5 Å². The Bertz CT molecular complexity index is 2140. The lowest BCUT2D eigenvalue weighted by Gasteiger charge is -2.50. The van der Waals surface area contributed by atoms with Gasteiger partial charge in [-0.25, -0.2) is 26.9 Å². The largest absolute Gasteiger partial charge is 0.504 e. The van der Waals surface area contributed by atoms with Gasteiger partial charge in [0, 0.05) is 18.1 Å². The number of phenols is 1. The number of anilines is 2. The van der Waals surface area contributed by atoms with Gasteiger partial charge in [0.2, 0.25) is 17.6 Å². The van der Waals surface area contributed by atoms with E-state index in [2.05, 4.69) is 0 Å². The third-order valence-electron chi connectivity index (χ3n) is 10.1. The van der Waals surface area contributed by atoms with Crippen molar-refractivity contribution in [3.05, 3.63) is 98.9 Å². The average molecular weight is 752 g/mol. The molecule has 1 N–H and O–H groups in total. The molecule has 4 amide bonds. The van der Waals surface area contributed by atoms with Crippen molar-refractivity contribution >= 4 is 63.9 Å². The van der Waals surface area contributed by atoms with Crippen LogP contribution in [-0.2, 0) is 19.2 Å². The first-order valence-corrected chi connectivity index (χ1v) is 15.7. The van der Waals surface area contributed by atoms with E-state index in [1.54, 1.807) is 0 Å². The lowest BCUT2D eigenvalue weighted by Crippen LogP contribution is -2.60. The van der Waals surface area contributed by atoms with Crippen LogP contribution in [0.1, 0.15) is 24.3 Å². The summed E-state index contributed by atoms with van der Waals surface area (Å²) in [6.07, 6.45) is 0.655. The molecule has 0 aromatic heterocycles. The summed E-state index contributed by atoms with van der Waals surface area (Å²) < 4.78 is 78.4. The maximum atomic E-state index is 15.2. The molecular formula is C33H20Cl2F5N3O8. The molecule has 51 heavy (non-hydrogen) atoms. The third kappa shape index (κ3) is 4.41. The third-order valence-corrected chi connectivity index (χ3v) is 11.5. The number of phenolic OH excluding ortho intramolecular Hbond substituents is 1. The Labute approximate surface area is 292 Å². The van der Waals surface area contributed by atoms with E-state index < -0.39 is 103 Å². The van der Waals surface area contributed by atoms with Gasteiger partial charge in [-0.2, -0.15) is 0 Å². The SMILES string of the molecule is COc1cc(C2C3=CCC4C(=O)N(c5ccc([N+](=O)[O-])cc5)C(=O)C4C3CC3(Cl)C(=O)N(c4c(F)c(F)c(F)c(F)c4F)C(=O)C23Cl)ccc1O. The molecule has 264 valence electrons. The van der Waals surface area contributed by atoms with Crippen molar-refractivity contribution in [2.75, 3.05) is 16.9 Å². The lowest BCUT2D eigenvalue weighted by molar-refractivity contribution is -0.384. The number of imide groups is 2. The number of nitro groups is 1. The molecule has 0 radical (unpaired) electrons. The normalized spacial score (nSPS) is 28.4. The predicted octanol–water partition coefficient (Wildman–Crippen LogP) is 5.77. The van der Waals surface area contributed by atoms with Gasteiger partial charge in [-0.3, -0.25) is 34.2 Å². The van der Waals surface area contributed by atoms with Crippen molar-refractivity contribution < 1.29 is 55.9 Å². The summed E-state index contributed by atoms with van der Waals surface area (Å²) >= 11 is 14.2. The van der Waals surface area contributed by atoms with Crippen molar-refractivity contribution in [2.24, 2.45) is 17.8 Å². The number of non-ortho nitro benzene ring substituents is 1. The zero-order chi connectivity index (χ0) is 37.1. The number of carbonyl (C=O) groups is 4. The Hall–Kier alpha value is -5.09. The van der Waals surface area contributed by atoms with E-state index in [1.165, 1.54) is 37.5 Å². The van der Waals surface area contributed by atoms with E-state index in [0.29, 0.717) is 0 Å². The maximum Gasteiger partial charge on any atom is 0.269 e. The Morgan fingerprint density at radius 1 is 0.863 bits per heavy atom. The second kappa shape index (κ2) is 11.5. The summed E-state index contributed by atoms with van der Waals surface area (Å²) in [7, 11) is 1.19. The van der Waals surface area contributed by atoms with Gasteiger partial charge in [-0.15, -0.1) is 23.2 Å². The quantitative estimate of drug-likeness (QED) is 0.0505. The molecule has 11 nitrogen and oxygen atoms in total. The van der Waals surface area contributed by atoms with Crippen LogP contribution in [-0.4, -0.2) is 50.5 Å². The van der Waals surface area contributed by atoms with Crippen LogP contribution in [0.2, 0.25) is 0 Å². The minimum atomic E-state index is -2.76. The highest BCUT2D eigenvalue weighted by atomic mass is 35.5. The number of amides is 4. The number of hydrogen-bond acceptors (Lipinski definition) is 8. The van der Waals surface area contributed by atoms with E-state index >= 15 is 8.78 Å². The van der Waals surface area contributed by atoms with Crippen LogP contribution in [0.5, 0.6) is 11.5 Å². The second-order valence-corrected chi connectivity index (χ2v) is 13.7. The molecule has 3 aromatic carbocycles. The van der Waals surface area contributed by atoms with Crippen LogP contribution in [0.3, 0.4) is 0 Å². The average Bonchev–Trinajstić information content (AvgIpc) is 3.45. The fourth-order valence-corrected chi connectivity index (χ4v) is 8.73. The number of halogens is 7. The number of benzene rings is 3. The zero-order valence-electron chi connectivity index (χ0n) is 25.6. The number of rotatable bonds is 5. The molecule has 0 bridgehead atoms. The molecule has 2 aliphatic carbocycles. The van der Waals surface area contributed by atoms with Crippen LogP contribution in [0.15, 0.2) is 54.1 Å². The van der Waals surface area contributed by atoms with Crippen molar-refractivity contribution in [1.82, 2.24) is 0 Å². The fraction of sp³-hybridized carbons (Fsp3) is 0.273. The Kier molecular flexibility index (Phi) is 7.72. The highest BCUT2D eigenvalue weighted by molar-refractivity contribution is 6.58. The number of allylic oxidation sites excluding steroid dienone is 2. The number of aromatic hydroxyl groups is 1. The van der Waals surface area contributed by atoms with Crippen LogP contribution >= 0.6 is 23.2 Å². The van der Waals surface area contributed by atoms with Gasteiger partial charge in [-0.05, 0) is 48.6 Å². The standard InChI is InChI=1S/C33H20Cl2F5N3O8/c1-51-19-10-12(2-9-18(19)44)21-15-7-8-16-20(29(46)41(28(16)45)13-3-5-14(6-4-13)43(49)50)17(15)11-32(34)30(47)42(31(48)33(21,32)35)27-25(39)23(37)22(36)24(38)26(27)40/h2-7,9-10,16-17,20-21,44H,8,11H2,1H3. The van der Waals surface area contributed by atoms with Gasteiger partial charge in [0.15, 0.2) is 44.5 Å². The minimum absolute atomic E-state index is 0.000864. The van der Waals surface area contributed by atoms with E-state index in [0.717, 1.165) is 23.1 Å². The lowest BCUT2D eigenvalue weighted by atomic mass is 9.56. The first-order valence-electron chi connectivity index (χ1n) is 15.0. The highest BCUT2D eigenvalue weighted by Gasteiger charge is 2.77. The van der Waals surface area contributed by atoms with Gasteiger partial charge >= 0.3 is 0 Å². The number of hydrogen-bond donors (Lipinski definition) is 1. The summed E-state index contributed by atoms with van der Waals surface area (Å²) in [4.78, 5) is 62.0. The van der Waals surface area contributed by atoms with Crippen molar-refractivity contribution in [3.63, 3.8) is 0 Å². The van der Waals surface area contributed by atoms with E-state index in [4.69, 9.17) is 27.9 Å². The first kappa shape index (κ1) is 34.4. The topological polar surface area (TPSA) is 147 Å². The summed E-state index contributed by atoms with van der Waals surface area (Å²) in [5.41, 5.74) is -2.02. The number of ether oxygens (including phenoxy) is 1. The predicted molar refractivity (Wildman–Crippen MR) is 167 cm³/mol.